The van der Waals surface area contributed by atoms with Crippen molar-refractivity contribution in [2.45, 2.75) is 12.1 Å². The lowest BCUT2D eigenvalue weighted by Gasteiger charge is -2.29. The molecule has 0 spiro atoms. The molecule has 0 unspecified atom stereocenters. The Morgan fingerprint density at radius 2 is 1.85 bits per heavy atom. The van der Waals surface area contributed by atoms with Gasteiger partial charge in [0.15, 0.2) is 16.6 Å². The van der Waals surface area contributed by atoms with Gasteiger partial charge in [0.05, 0.1) is 16.8 Å². The van der Waals surface area contributed by atoms with Crippen LogP contribution in [0.2, 0.25) is 5.02 Å². The van der Waals surface area contributed by atoms with E-state index >= 15 is 0 Å². The van der Waals surface area contributed by atoms with Gasteiger partial charge in [0.1, 0.15) is 11.9 Å². The fourth-order valence-corrected chi connectivity index (χ4v) is 4.99. The van der Waals surface area contributed by atoms with Crippen molar-refractivity contribution >= 4 is 34.6 Å². The van der Waals surface area contributed by atoms with E-state index in [0.717, 1.165) is 22.8 Å². The largest absolute Gasteiger partial charge is 0.454 e. The topological polar surface area (TPSA) is 51.6 Å². The van der Waals surface area contributed by atoms with Gasteiger partial charge in [-0.15, -0.1) is 0 Å². The molecule has 1 fully saturated rings. The molecule has 4 aromatic rings. The normalized spacial score (nSPS) is 18.9. The van der Waals surface area contributed by atoms with Crippen molar-refractivity contribution in [3.63, 3.8) is 0 Å². The first-order valence-electron chi connectivity index (χ1n) is 10.6. The number of nitrogens with zero attached hydrogens (tertiary/aromatic N) is 3. The number of anilines is 1. The number of aromatic nitrogens is 2. The number of benzene rings is 2. The van der Waals surface area contributed by atoms with Crippen molar-refractivity contribution in [1.82, 2.24) is 14.9 Å². The molecule has 1 N–H and O–H groups in total. The second kappa shape index (κ2) is 8.30. The molecule has 0 aliphatic carbocycles. The van der Waals surface area contributed by atoms with Gasteiger partial charge in [0, 0.05) is 35.5 Å². The van der Waals surface area contributed by atoms with E-state index < -0.39 is 5.82 Å². The first-order valence-corrected chi connectivity index (χ1v) is 11.4. The predicted octanol–water partition coefficient (Wildman–Crippen LogP) is 5.57. The lowest BCUT2D eigenvalue weighted by Crippen LogP contribution is -2.30. The molecule has 0 saturated carbocycles. The molecule has 0 radical (unpaired) electrons. The SMILES string of the molecule is Fc1ccc(-n2cccc2[C@H]2[C@H](c3ccccn3)NC(=S)N2c2ccc3c(c2)OCO3)cc1Cl. The lowest BCUT2D eigenvalue weighted by atomic mass is 10.0. The number of ether oxygens (including phenoxy) is 2. The van der Waals surface area contributed by atoms with Crippen molar-refractivity contribution in [3.8, 4) is 17.2 Å². The fraction of sp³-hybridized carbons (Fsp3) is 0.120. The first kappa shape index (κ1) is 20.9. The van der Waals surface area contributed by atoms with Crippen molar-refractivity contribution in [3.05, 3.63) is 101 Å². The van der Waals surface area contributed by atoms with Gasteiger partial charge in [0.25, 0.3) is 0 Å². The summed E-state index contributed by atoms with van der Waals surface area (Å²) in [6, 6.07) is 19.7. The van der Waals surface area contributed by atoms with E-state index in [1.54, 1.807) is 18.3 Å². The molecule has 2 aromatic carbocycles. The van der Waals surface area contributed by atoms with Crippen LogP contribution in [0.25, 0.3) is 5.69 Å². The molecule has 9 heteroatoms. The number of hydrogen-bond donors (Lipinski definition) is 1. The van der Waals surface area contributed by atoms with E-state index in [0.29, 0.717) is 16.6 Å². The second-order valence-corrected chi connectivity index (χ2v) is 8.73. The number of pyridine rings is 1. The third-order valence-corrected chi connectivity index (χ3v) is 6.60. The molecule has 2 atom stereocenters. The van der Waals surface area contributed by atoms with Crippen LogP contribution in [-0.2, 0) is 0 Å². The smallest absolute Gasteiger partial charge is 0.231 e. The van der Waals surface area contributed by atoms with Crippen molar-refractivity contribution in [2.75, 3.05) is 11.7 Å². The van der Waals surface area contributed by atoms with Gasteiger partial charge in [-0.2, -0.15) is 0 Å². The zero-order chi connectivity index (χ0) is 23.2. The molecule has 6 nitrogen and oxygen atoms in total. The van der Waals surface area contributed by atoms with Crippen LogP contribution in [-0.4, -0.2) is 21.5 Å². The van der Waals surface area contributed by atoms with Crippen molar-refractivity contribution in [2.24, 2.45) is 0 Å². The molecular weight excluding hydrogens is 475 g/mol. The Hall–Kier alpha value is -3.62. The molecule has 0 bridgehead atoms. The van der Waals surface area contributed by atoms with E-state index in [1.807, 2.05) is 64.2 Å². The van der Waals surface area contributed by atoms with Crippen LogP contribution in [0.1, 0.15) is 23.5 Å². The molecular formula is C25H18ClFN4O2S. The van der Waals surface area contributed by atoms with Crippen LogP contribution >= 0.6 is 23.8 Å². The van der Waals surface area contributed by atoms with E-state index in [9.17, 15) is 4.39 Å². The maximum Gasteiger partial charge on any atom is 0.231 e. The minimum absolute atomic E-state index is 0.0612. The second-order valence-electron chi connectivity index (χ2n) is 7.94. The number of fused-ring (bicyclic) bond motifs is 1. The van der Waals surface area contributed by atoms with Gasteiger partial charge in [-0.3, -0.25) is 4.98 Å². The van der Waals surface area contributed by atoms with Crippen molar-refractivity contribution in [1.29, 1.82) is 0 Å². The summed E-state index contributed by atoms with van der Waals surface area (Å²) in [6.07, 6.45) is 3.69. The molecule has 1 saturated heterocycles. The maximum atomic E-state index is 13.9. The summed E-state index contributed by atoms with van der Waals surface area (Å²) in [7, 11) is 0. The van der Waals surface area contributed by atoms with Gasteiger partial charge in [-0.25, -0.2) is 4.39 Å². The zero-order valence-corrected chi connectivity index (χ0v) is 19.3. The molecule has 2 aliphatic heterocycles. The van der Waals surface area contributed by atoms with Crippen LogP contribution in [0.3, 0.4) is 0 Å². The molecule has 0 amide bonds. The molecule has 2 aliphatic rings. The van der Waals surface area contributed by atoms with E-state index in [1.165, 1.54) is 6.07 Å². The summed E-state index contributed by atoms with van der Waals surface area (Å²) in [5.41, 5.74) is 3.39. The summed E-state index contributed by atoms with van der Waals surface area (Å²) in [5.74, 6) is 0.904. The summed E-state index contributed by atoms with van der Waals surface area (Å²) in [6.45, 7) is 0.190. The zero-order valence-electron chi connectivity index (χ0n) is 17.7. The molecule has 6 rings (SSSR count). The predicted molar refractivity (Wildman–Crippen MR) is 131 cm³/mol. The Morgan fingerprint density at radius 1 is 1.00 bits per heavy atom. The Bertz CT molecular complexity index is 1400. The third-order valence-electron chi connectivity index (χ3n) is 6.00. The maximum absolute atomic E-state index is 13.9. The highest BCUT2D eigenvalue weighted by Gasteiger charge is 2.42. The van der Waals surface area contributed by atoms with Crippen LogP contribution < -0.4 is 19.7 Å². The van der Waals surface area contributed by atoms with Gasteiger partial charge >= 0.3 is 0 Å². The van der Waals surface area contributed by atoms with Crippen molar-refractivity contribution < 1.29 is 13.9 Å². The van der Waals surface area contributed by atoms with E-state index in [-0.39, 0.29) is 23.9 Å². The number of thiocarbonyl (C=S) groups is 1. The monoisotopic (exact) mass is 492 g/mol. The first-order chi connectivity index (χ1) is 16.6. The average molecular weight is 493 g/mol. The van der Waals surface area contributed by atoms with Gasteiger partial charge in [0.2, 0.25) is 6.79 Å². The summed E-state index contributed by atoms with van der Waals surface area (Å²) < 4.78 is 26.9. The van der Waals surface area contributed by atoms with Gasteiger partial charge in [-0.1, -0.05) is 17.7 Å². The summed E-state index contributed by atoms with van der Waals surface area (Å²) >= 11 is 11.9. The molecule has 2 aromatic heterocycles. The average Bonchev–Trinajstić information content (AvgIpc) is 3.59. The number of halogens is 2. The summed E-state index contributed by atoms with van der Waals surface area (Å²) in [5, 5.41) is 4.07. The Balaban J connectivity index is 1.50. The fourth-order valence-electron chi connectivity index (χ4n) is 4.47. The summed E-state index contributed by atoms with van der Waals surface area (Å²) in [4.78, 5) is 6.65. The van der Waals surface area contributed by atoms with Gasteiger partial charge < -0.3 is 24.3 Å². The molecule has 34 heavy (non-hydrogen) atoms. The van der Waals surface area contributed by atoms with Crippen LogP contribution in [0.15, 0.2) is 79.1 Å². The lowest BCUT2D eigenvalue weighted by molar-refractivity contribution is 0.174. The Morgan fingerprint density at radius 3 is 2.68 bits per heavy atom. The Labute approximate surface area is 205 Å². The van der Waals surface area contributed by atoms with E-state index in [2.05, 4.69) is 10.3 Å². The van der Waals surface area contributed by atoms with Gasteiger partial charge in [-0.05, 0) is 66.8 Å². The molecule has 170 valence electrons. The number of rotatable bonds is 4. The van der Waals surface area contributed by atoms with Crippen LogP contribution in [0.5, 0.6) is 11.5 Å². The quantitative estimate of drug-likeness (QED) is 0.376. The highest BCUT2D eigenvalue weighted by Crippen LogP contribution is 2.45. The minimum atomic E-state index is -0.462. The standard InChI is InChI=1S/C25H18ClFN4O2S/c26-17-12-15(6-8-18(17)27)30-11-3-5-20(30)24-23(19-4-1-2-10-28-19)29-25(34)31(24)16-7-9-21-22(13-16)33-14-32-21/h1-13,23-24H,14H2,(H,29,34)/t23-,24-/m0/s1. The third kappa shape index (κ3) is 3.46. The molecule has 4 heterocycles. The highest BCUT2D eigenvalue weighted by atomic mass is 35.5. The number of hydrogen-bond acceptors (Lipinski definition) is 4. The minimum Gasteiger partial charge on any atom is -0.454 e. The Kier molecular flexibility index (Phi) is 5.12. The van der Waals surface area contributed by atoms with Crippen LogP contribution in [0.4, 0.5) is 10.1 Å². The number of nitrogens with one attached hydrogen (secondary N) is 1. The highest BCUT2D eigenvalue weighted by molar-refractivity contribution is 7.80. The van der Waals surface area contributed by atoms with E-state index in [4.69, 9.17) is 33.3 Å². The van der Waals surface area contributed by atoms with Crippen LogP contribution in [0, 0.1) is 5.82 Å².